The molecule has 0 bridgehead atoms. The van der Waals surface area contributed by atoms with E-state index in [1.54, 1.807) is 12.3 Å². The zero-order valence-electron chi connectivity index (χ0n) is 11.7. The molecule has 1 aromatic heterocycles. The third-order valence-corrected chi connectivity index (χ3v) is 3.60. The highest BCUT2D eigenvalue weighted by molar-refractivity contribution is 5.93. The molecule has 1 aromatic carbocycles. The van der Waals surface area contributed by atoms with Crippen LogP contribution >= 0.6 is 0 Å². The van der Waals surface area contributed by atoms with Crippen LogP contribution in [0.5, 0.6) is 0 Å². The molecule has 0 radical (unpaired) electrons. The number of nitrogens with two attached hydrogens (primary N) is 1. The standard InChI is InChI=1S/C16H17N3O2/c17-16(20)14-9-13(10-18-11-14)12-1-3-15(4-2-12)19-5-7-21-8-6-19/h1-4,9-11H,5-8H2,(H2,17,20). The summed E-state index contributed by atoms with van der Waals surface area (Å²) in [5, 5.41) is 0. The predicted molar refractivity (Wildman–Crippen MR) is 81.2 cm³/mol. The van der Waals surface area contributed by atoms with E-state index in [4.69, 9.17) is 10.5 Å². The Morgan fingerprint density at radius 3 is 2.48 bits per heavy atom. The number of morpholine rings is 1. The van der Waals surface area contributed by atoms with Crippen molar-refractivity contribution in [2.75, 3.05) is 31.2 Å². The Kier molecular flexibility index (Phi) is 3.83. The quantitative estimate of drug-likeness (QED) is 0.930. The first kappa shape index (κ1) is 13.6. The number of ether oxygens (including phenoxy) is 1. The number of amides is 1. The fourth-order valence-corrected chi connectivity index (χ4v) is 2.42. The molecule has 21 heavy (non-hydrogen) atoms. The average molecular weight is 283 g/mol. The van der Waals surface area contributed by atoms with Crippen LogP contribution < -0.4 is 10.6 Å². The molecular formula is C16H17N3O2. The second-order valence-corrected chi connectivity index (χ2v) is 4.97. The minimum absolute atomic E-state index is 0.421. The summed E-state index contributed by atoms with van der Waals surface area (Å²) in [7, 11) is 0. The Hall–Kier alpha value is -2.40. The lowest BCUT2D eigenvalue weighted by Crippen LogP contribution is -2.36. The number of aromatic nitrogens is 1. The molecule has 5 nitrogen and oxygen atoms in total. The second kappa shape index (κ2) is 5.93. The summed E-state index contributed by atoms with van der Waals surface area (Å²) in [6.07, 6.45) is 3.21. The van der Waals surface area contributed by atoms with Gasteiger partial charge in [0.15, 0.2) is 0 Å². The van der Waals surface area contributed by atoms with Crippen LogP contribution in [0.4, 0.5) is 5.69 Å². The number of carbonyl (C=O) groups is 1. The topological polar surface area (TPSA) is 68.5 Å². The van der Waals surface area contributed by atoms with Gasteiger partial charge in [-0.3, -0.25) is 9.78 Å². The molecule has 0 unspecified atom stereocenters. The highest BCUT2D eigenvalue weighted by Crippen LogP contribution is 2.23. The molecule has 2 N–H and O–H groups in total. The minimum Gasteiger partial charge on any atom is -0.378 e. The summed E-state index contributed by atoms with van der Waals surface area (Å²) in [5.41, 5.74) is 8.79. The summed E-state index contributed by atoms with van der Waals surface area (Å²) in [6, 6.07) is 9.99. The molecule has 1 saturated heterocycles. The zero-order chi connectivity index (χ0) is 14.7. The van der Waals surface area contributed by atoms with Crippen molar-refractivity contribution in [1.29, 1.82) is 0 Å². The van der Waals surface area contributed by atoms with Gasteiger partial charge in [0.1, 0.15) is 0 Å². The van der Waals surface area contributed by atoms with Crippen molar-refractivity contribution in [1.82, 2.24) is 4.98 Å². The summed E-state index contributed by atoms with van der Waals surface area (Å²) in [4.78, 5) is 17.6. The van der Waals surface area contributed by atoms with Crippen LogP contribution in [0.15, 0.2) is 42.7 Å². The SMILES string of the molecule is NC(=O)c1cncc(-c2ccc(N3CCOCC3)cc2)c1. The number of benzene rings is 1. The number of anilines is 1. The van der Waals surface area contributed by atoms with Crippen LogP contribution in [-0.4, -0.2) is 37.2 Å². The molecule has 0 saturated carbocycles. The Labute approximate surface area is 123 Å². The molecule has 2 aromatic rings. The first-order chi connectivity index (χ1) is 10.2. The first-order valence-corrected chi connectivity index (χ1v) is 6.92. The zero-order valence-corrected chi connectivity index (χ0v) is 11.7. The van der Waals surface area contributed by atoms with Crippen molar-refractivity contribution in [3.8, 4) is 11.1 Å². The molecular weight excluding hydrogens is 266 g/mol. The lowest BCUT2D eigenvalue weighted by molar-refractivity contribution is 0.1000. The van der Waals surface area contributed by atoms with Gasteiger partial charge in [0, 0.05) is 36.7 Å². The average Bonchev–Trinajstić information content (AvgIpc) is 2.56. The molecule has 0 aliphatic carbocycles. The maximum absolute atomic E-state index is 11.2. The number of rotatable bonds is 3. The van der Waals surface area contributed by atoms with Crippen molar-refractivity contribution >= 4 is 11.6 Å². The predicted octanol–water partition coefficient (Wildman–Crippen LogP) is 1.68. The van der Waals surface area contributed by atoms with E-state index in [-0.39, 0.29) is 0 Å². The normalized spacial score (nSPS) is 15.0. The maximum atomic E-state index is 11.2. The van der Waals surface area contributed by atoms with Crippen LogP contribution in [0.2, 0.25) is 0 Å². The fraction of sp³-hybridized carbons (Fsp3) is 0.250. The number of primary amides is 1. The molecule has 3 rings (SSSR count). The Balaban J connectivity index is 1.83. The van der Waals surface area contributed by atoms with E-state index >= 15 is 0 Å². The number of nitrogens with zero attached hydrogens (tertiary/aromatic N) is 2. The monoisotopic (exact) mass is 283 g/mol. The van der Waals surface area contributed by atoms with Gasteiger partial charge < -0.3 is 15.4 Å². The van der Waals surface area contributed by atoms with E-state index in [2.05, 4.69) is 22.0 Å². The number of hydrogen-bond donors (Lipinski definition) is 1. The van der Waals surface area contributed by atoms with Crippen LogP contribution in [0.1, 0.15) is 10.4 Å². The van der Waals surface area contributed by atoms with Crippen LogP contribution in [0, 0.1) is 0 Å². The smallest absolute Gasteiger partial charge is 0.250 e. The van der Waals surface area contributed by atoms with E-state index in [9.17, 15) is 4.79 Å². The van der Waals surface area contributed by atoms with Gasteiger partial charge in [-0.05, 0) is 23.8 Å². The molecule has 1 aliphatic rings. The van der Waals surface area contributed by atoms with Crippen molar-refractivity contribution in [3.63, 3.8) is 0 Å². The van der Waals surface area contributed by atoms with Gasteiger partial charge >= 0.3 is 0 Å². The lowest BCUT2D eigenvalue weighted by atomic mass is 10.1. The molecule has 0 atom stereocenters. The highest BCUT2D eigenvalue weighted by atomic mass is 16.5. The Bertz CT molecular complexity index is 634. The summed E-state index contributed by atoms with van der Waals surface area (Å²) in [5.74, 6) is -0.464. The summed E-state index contributed by atoms with van der Waals surface area (Å²) >= 11 is 0. The molecule has 1 amide bonds. The van der Waals surface area contributed by atoms with E-state index in [0.717, 1.165) is 37.4 Å². The van der Waals surface area contributed by atoms with Gasteiger partial charge in [-0.1, -0.05) is 12.1 Å². The fourth-order valence-electron chi connectivity index (χ4n) is 2.42. The second-order valence-electron chi connectivity index (χ2n) is 4.97. The van der Waals surface area contributed by atoms with Gasteiger partial charge in [-0.15, -0.1) is 0 Å². The maximum Gasteiger partial charge on any atom is 0.250 e. The summed E-state index contributed by atoms with van der Waals surface area (Å²) in [6.45, 7) is 3.37. The van der Waals surface area contributed by atoms with Crippen molar-refractivity contribution < 1.29 is 9.53 Å². The highest BCUT2D eigenvalue weighted by Gasteiger charge is 2.11. The lowest BCUT2D eigenvalue weighted by Gasteiger charge is -2.28. The molecule has 108 valence electrons. The third kappa shape index (κ3) is 3.03. The van der Waals surface area contributed by atoms with E-state index in [1.165, 1.54) is 11.9 Å². The molecule has 2 heterocycles. The van der Waals surface area contributed by atoms with Gasteiger partial charge in [0.2, 0.25) is 5.91 Å². The summed E-state index contributed by atoms with van der Waals surface area (Å²) < 4.78 is 5.36. The van der Waals surface area contributed by atoms with Crippen molar-refractivity contribution in [2.45, 2.75) is 0 Å². The van der Waals surface area contributed by atoms with E-state index in [0.29, 0.717) is 5.56 Å². The number of pyridine rings is 1. The van der Waals surface area contributed by atoms with Crippen LogP contribution in [-0.2, 0) is 4.74 Å². The van der Waals surface area contributed by atoms with Crippen LogP contribution in [0.3, 0.4) is 0 Å². The van der Waals surface area contributed by atoms with Crippen LogP contribution in [0.25, 0.3) is 11.1 Å². The molecule has 0 spiro atoms. The minimum atomic E-state index is -0.464. The largest absolute Gasteiger partial charge is 0.378 e. The van der Waals surface area contributed by atoms with Crippen molar-refractivity contribution in [3.05, 3.63) is 48.3 Å². The number of carbonyl (C=O) groups excluding carboxylic acids is 1. The molecule has 1 fully saturated rings. The van der Waals surface area contributed by atoms with E-state index < -0.39 is 5.91 Å². The van der Waals surface area contributed by atoms with Gasteiger partial charge in [-0.25, -0.2) is 0 Å². The molecule has 5 heteroatoms. The van der Waals surface area contributed by atoms with Gasteiger partial charge in [0.25, 0.3) is 0 Å². The third-order valence-electron chi connectivity index (χ3n) is 3.60. The first-order valence-electron chi connectivity index (χ1n) is 6.92. The Morgan fingerprint density at radius 2 is 1.81 bits per heavy atom. The van der Waals surface area contributed by atoms with Crippen molar-refractivity contribution in [2.24, 2.45) is 5.73 Å². The van der Waals surface area contributed by atoms with E-state index in [1.807, 2.05) is 12.1 Å². The number of hydrogen-bond acceptors (Lipinski definition) is 4. The van der Waals surface area contributed by atoms with Gasteiger partial charge in [0.05, 0.1) is 18.8 Å². The van der Waals surface area contributed by atoms with Gasteiger partial charge in [-0.2, -0.15) is 0 Å². The molecule has 1 aliphatic heterocycles. The Morgan fingerprint density at radius 1 is 1.10 bits per heavy atom.